The van der Waals surface area contributed by atoms with Gasteiger partial charge in [0.1, 0.15) is 4.60 Å². The average molecular weight is 557 g/mol. The summed E-state index contributed by atoms with van der Waals surface area (Å²) in [5, 5.41) is 5.90. The molecule has 194 valence electrons. The van der Waals surface area contributed by atoms with Crippen LogP contribution in [0.2, 0.25) is 0 Å². The number of rotatable bonds is 8. The number of piperidine rings is 1. The van der Waals surface area contributed by atoms with Crippen molar-refractivity contribution in [3.8, 4) is 0 Å². The molecule has 9 heteroatoms. The van der Waals surface area contributed by atoms with Gasteiger partial charge in [-0.1, -0.05) is 32.9 Å². The molecule has 4 rings (SSSR count). The van der Waals surface area contributed by atoms with E-state index in [1.807, 2.05) is 35.1 Å². The lowest BCUT2D eigenvalue weighted by molar-refractivity contribution is 0.244. The number of nitrogens with zero attached hydrogens (tertiary/aromatic N) is 5. The van der Waals surface area contributed by atoms with E-state index in [0.29, 0.717) is 12.5 Å². The summed E-state index contributed by atoms with van der Waals surface area (Å²) >= 11 is 3.55. The van der Waals surface area contributed by atoms with E-state index >= 15 is 0 Å². The summed E-state index contributed by atoms with van der Waals surface area (Å²) in [6, 6.07) is 7.91. The van der Waals surface area contributed by atoms with Gasteiger partial charge in [-0.2, -0.15) is 0 Å². The van der Waals surface area contributed by atoms with E-state index in [9.17, 15) is 4.79 Å². The summed E-state index contributed by atoms with van der Waals surface area (Å²) in [5.74, 6) is 1.54. The highest BCUT2D eigenvalue weighted by molar-refractivity contribution is 9.10. The second kappa shape index (κ2) is 11.6. The third-order valence-corrected chi connectivity index (χ3v) is 7.35. The maximum Gasteiger partial charge on any atom is 0.319 e. The number of carbonyl (C=O) groups is 1. The number of urea groups is 1. The predicted molar refractivity (Wildman–Crippen MR) is 150 cm³/mol. The number of carbonyl (C=O) groups excluding carboxylic acids is 1. The van der Waals surface area contributed by atoms with Gasteiger partial charge in [0, 0.05) is 44.3 Å². The van der Waals surface area contributed by atoms with Crippen LogP contribution in [0.4, 0.5) is 16.3 Å². The number of anilines is 2. The van der Waals surface area contributed by atoms with Crippen LogP contribution in [0.25, 0.3) is 5.65 Å². The lowest BCUT2D eigenvalue weighted by Crippen LogP contribution is -2.41. The minimum Gasteiger partial charge on any atom is -0.353 e. The molecule has 1 aliphatic rings. The molecule has 1 saturated heterocycles. The highest BCUT2D eigenvalue weighted by Crippen LogP contribution is 2.27. The fraction of sp³-hybridized carbons (Fsp3) is 0.519. The molecule has 3 aromatic rings. The minimum atomic E-state index is -0.156. The third-order valence-electron chi connectivity index (χ3n) is 6.76. The van der Waals surface area contributed by atoms with Crippen molar-refractivity contribution in [2.45, 2.75) is 45.4 Å². The Labute approximate surface area is 222 Å². The summed E-state index contributed by atoms with van der Waals surface area (Å²) in [4.78, 5) is 26.2. The van der Waals surface area contributed by atoms with Crippen LogP contribution in [0.5, 0.6) is 0 Å². The topological polar surface area (TPSA) is 77.8 Å². The molecule has 2 N–H and O–H groups in total. The third kappa shape index (κ3) is 6.76. The number of amides is 2. The molecule has 36 heavy (non-hydrogen) atoms. The van der Waals surface area contributed by atoms with Gasteiger partial charge in [-0.15, -0.1) is 0 Å². The van der Waals surface area contributed by atoms with Crippen LogP contribution in [-0.2, 0) is 5.41 Å². The molecular formula is C27H38BrN7O. The number of aromatic nitrogens is 3. The van der Waals surface area contributed by atoms with Crippen LogP contribution in [0.3, 0.4) is 0 Å². The minimum absolute atomic E-state index is 0.102. The van der Waals surface area contributed by atoms with Gasteiger partial charge in [-0.05, 0) is 77.8 Å². The molecular weight excluding hydrogens is 518 g/mol. The number of halogens is 1. The maximum atomic E-state index is 12.3. The Kier molecular flexibility index (Phi) is 8.51. The maximum absolute atomic E-state index is 12.3. The van der Waals surface area contributed by atoms with Crippen molar-refractivity contribution < 1.29 is 4.79 Å². The van der Waals surface area contributed by atoms with Crippen LogP contribution < -0.4 is 15.5 Å². The van der Waals surface area contributed by atoms with Gasteiger partial charge in [0.25, 0.3) is 0 Å². The highest BCUT2D eigenvalue weighted by Gasteiger charge is 2.24. The van der Waals surface area contributed by atoms with Crippen molar-refractivity contribution in [2.75, 3.05) is 50.0 Å². The van der Waals surface area contributed by atoms with E-state index in [1.165, 1.54) is 12.0 Å². The zero-order chi connectivity index (χ0) is 25.7. The standard InChI is InChI=1S/C27H38BrN7O/c1-27(2,3)21-8-10-22(11-9-21)32-26(36)30-12-6-14-33(4)18-20-7-5-15-34(19-20)24-25-31-17-23(28)35(25)16-13-29-24/h8-11,13,16-17,20H,5-7,12,14-15,18-19H2,1-4H3,(H2,30,32,36). The fourth-order valence-corrected chi connectivity index (χ4v) is 5.21. The van der Waals surface area contributed by atoms with Gasteiger partial charge in [0.05, 0.1) is 6.20 Å². The first-order valence-electron chi connectivity index (χ1n) is 12.8. The van der Waals surface area contributed by atoms with Crippen LogP contribution in [0.15, 0.2) is 47.5 Å². The summed E-state index contributed by atoms with van der Waals surface area (Å²) < 4.78 is 2.97. The van der Waals surface area contributed by atoms with Crippen LogP contribution in [0, 0.1) is 5.92 Å². The van der Waals surface area contributed by atoms with E-state index in [1.54, 1.807) is 0 Å². The second-order valence-corrected chi connectivity index (χ2v) is 11.6. The van der Waals surface area contributed by atoms with Crippen LogP contribution in [0.1, 0.15) is 45.6 Å². The molecule has 1 unspecified atom stereocenters. The van der Waals surface area contributed by atoms with Gasteiger partial charge < -0.3 is 20.4 Å². The zero-order valence-corrected chi connectivity index (χ0v) is 23.4. The number of hydrogen-bond donors (Lipinski definition) is 2. The SMILES string of the molecule is CN(CCCNC(=O)Nc1ccc(C(C)(C)C)cc1)CC1CCCN(c2nccn3c(Br)cnc23)C1. The van der Waals surface area contributed by atoms with Crippen LogP contribution >= 0.6 is 15.9 Å². The Morgan fingerprint density at radius 2 is 2.00 bits per heavy atom. The predicted octanol–water partition coefficient (Wildman–Crippen LogP) is 5.15. The molecule has 1 fully saturated rings. The number of benzene rings is 1. The van der Waals surface area contributed by atoms with E-state index in [2.05, 4.69) is 86.3 Å². The molecule has 0 aliphatic carbocycles. The Hall–Kier alpha value is -2.65. The van der Waals surface area contributed by atoms with Gasteiger partial charge in [0.2, 0.25) is 0 Å². The van der Waals surface area contributed by atoms with Crippen molar-refractivity contribution >= 4 is 39.1 Å². The van der Waals surface area contributed by atoms with E-state index < -0.39 is 0 Å². The molecule has 3 heterocycles. The second-order valence-electron chi connectivity index (χ2n) is 10.8. The molecule has 2 aromatic heterocycles. The summed E-state index contributed by atoms with van der Waals surface area (Å²) in [7, 11) is 2.17. The zero-order valence-electron chi connectivity index (χ0n) is 21.8. The average Bonchev–Trinajstić information content (AvgIpc) is 3.23. The number of imidazole rings is 1. The van der Waals surface area contributed by atoms with Crippen molar-refractivity contribution in [3.05, 3.63) is 53.0 Å². The Morgan fingerprint density at radius 1 is 1.22 bits per heavy atom. The summed E-state index contributed by atoms with van der Waals surface area (Å²) in [5.41, 5.74) is 3.06. The molecule has 1 atom stereocenters. The quantitative estimate of drug-likeness (QED) is 0.376. The first kappa shape index (κ1) is 26.4. The van der Waals surface area contributed by atoms with Gasteiger partial charge in [-0.3, -0.25) is 4.40 Å². The lowest BCUT2D eigenvalue weighted by Gasteiger charge is -2.35. The number of nitrogens with one attached hydrogen (secondary N) is 2. The van der Waals surface area contributed by atoms with Gasteiger partial charge in [0.15, 0.2) is 11.5 Å². The molecule has 1 aliphatic heterocycles. The molecule has 0 bridgehead atoms. The molecule has 0 radical (unpaired) electrons. The van der Waals surface area contributed by atoms with Gasteiger partial charge >= 0.3 is 6.03 Å². The first-order chi connectivity index (χ1) is 17.2. The normalized spacial score (nSPS) is 16.5. The Balaban J connectivity index is 1.18. The van der Waals surface area contributed by atoms with E-state index in [-0.39, 0.29) is 11.4 Å². The van der Waals surface area contributed by atoms with Crippen molar-refractivity contribution in [2.24, 2.45) is 5.92 Å². The largest absolute Gasteiger partial charge is 0.353 e. The van der Waals surface area contributed by atoms with E-state index in [4.69, 9.17) is 0 Å². The fourth-order valence-electron chi connectivity index (χ4n) is 4.82. The summed E-state index contributed by atoms with van der Waals surface area (Å²) in [6.07, 6.45) is 8.88. The first-order valence-corrected chi connectivity index (χ1v) is 13.6. The number of fused-ring (bicyclic) bond motifs is 1. The Morgan fingerprint density at radius 3 is 2.75 bits per heavy atom. The Bertz CT molecular complexity index is 1160. The van der Waals surface area contributed by atoms with Crippen molar-refractivity contribution in [1.29, 1.82) is 0 Å². The van der Waals surface area contributed by atoms with Crippen molar-refractivity contribution in [3.63, 3.8) is 0 Å². The molecule has 8 nitrogen and oxygen atoms in total. The molecule has 2 amide bonds. The molecule has 1 aromatic carbocycles. The molecule has 0 saturated carbocycles. The molecule has 0 spiro atoms. The van der Waals surface area contributed by atoms with Crippen LogP contribution in [-0.4, -0.2) is 65.1 Å². The summed E-state index contributed by atoms with van der Waals surface area (Å²) in [6.45, 7) is 11.2. The van der Waals surface area contributed by atoms with Gasteiger partial charge in [-0.25, -0.2) is 14.8 Å². The number of hydrogen-bond acceptors (Lipinski definition) is 5. The smallest absolute Gasteiger partial charge is 0.319 e. The highest BCUT2D eigenvalue weighted by atomic mass is 79.9. The monoisotopic (exact) mass is 555 g/mol. The van der Waals surface area contributed by atoms with E-state index in [0.717, 1.165) is 60.8 Å². The lowest BCUT2D eigenvalue weighted by atomic mass is 9.87. The van der Waals surface area contributed by atoms with Crippen molar-refractivity contribution in [1.82, 2.24) is 24.6 Å².